The monoisotopic (exact) mass is 227 g/mol. The molecule has 0 saturated carbocycles. The summed E-state index contributed by atoms with van der Waals surface area (Å²) >= 11 is 0.351. The highest BCUT2D eigenvalue weighted by molar-refractivity contribution is 7.99. The van der Waals surface area contributed by atoms with Gasteiger partial charge in [0.15, 0.2) is 5.09 Å². The van der Waals surface area contributed by atoms with Crippen molar-refractivity contribution in [1.29, 1.82) is 0 Å². The maximum Gasteiger partial charge on any atom is 0.291 e. The van der Waals surface area contributed by atoms with Crippen LogP contribution in [-0.4, -0.2) is 10.9 Å². The minimum atomic E-state index is -2.48. The number of benzene rings is 1. The molecular weight excluding hydrogens is 220 g/mol. The van der Waals surface area contributed by atoms with Crippen molar-refractivity contribution in [3.63, 3.8) is 0 Å². The summed E-state index contributed by atoms with van der Waals surface area (Å²) in [6.45, 7) is 0. The minimum absolute atomic E-state index is 0.129. The van der Waals surface area contributed by atoms with Gasteiger partial charge < -0.3 is 4.52 Å². The largest absolute Gasteiger partial charge is 0.349 e. The van der Waals surface area contributed by atoms with Crippen LogP contribution in [0.1, 0.15) is 0 Å². The molecule has 0 atom stereocenters. The molecule has 0 saturated heterocycles. The number of halogens is 2. The quantitative estimate of drug-likeness (QED) is 0.748. The summed E-state index contributed by atoms with van der Waals surface area (Å²) in [6.07, 6.45) is 0. The topological polar surface area (TPSA) is 26.0 Å². The third-order valence-electron chi connectivity index (χ3n) is 1.76. The van der Waals surface area contributed by atoms with Crippen LogP contribution in [-0.2, 0) is 0 Å². The van der Waals surface area contributed by atoms with E-state index in [0.717, 1.165) is 5.56 Å². The Morgan fingerprint density at radius 1 is 1.20 bits per heavy atom. The summed E-state index contributed by atoms with van der Waals surface area (Å²) in [5.41, 5.74) is 1.42. The lowest BCUT2D eigenvalue weighted by atomic mass is 10.2. The van der Waals surface area contributed by atoms with E-state index >= 15 is 0 Å². The van der Waals surface area contributed by atoms with Crippen LogP contribution in [0.25, 0.3) is 11.3 Å². The Hall–Kier alpha value is -1.36. The van der Waals surface area contributed by atoms with Crippen LogP contribution < -0.4 is 0 Å². The van der Waals surface area contributed by atoms with Crippen molar-refractivity contribution in [3.05, 3.63) is 36.4 Å². The van der Waals surface area contributed by atoms with E-state index in [1.54, 1.807) is 0 Å². The molecule has 1 heterocycles. The van der Waals surface area contributed by atoms with Crippen molar-refractivity contribution < 1.29 is 13.3 Å². The van der Waals surface area contributed by atoms with Crippen molar-refractivity contribution in [2.45, 2.75) is 10.8 Å². The van der Waals surface area contributed by atoms with Crippen LogP contribution in [0, 0.1) is 0 Å². The van der Waals surface area contributed by atoms with Crippen LogP contribution in [0.2, 0.25) is 0 Å². The Kier molecular flexibility index (Phi) is 3.01. The van der Waals surface area contributed by atoms with E-state index in [4.69, 9.17) is 4.52 Å². The van der Waals surface area contributed by atoms with Gasteiger partial charge in [0.05, 0.1) is 0 Å². The van der Waals surface area contributed by atoms with E-state index in [-0.39, 0.29) is 5.09 Å². The molecule has 0 bridgehead atoms. The highest BCUT2D eigenvalue weighted by Crippen LogP contribution is 2.28. The standard InChI is InChI=1S/C10H7F2NOS/c11-10(12)15-9-6-8(13-14-9)7-4-2-1-3-5-7/h1-6,10H. The van der Waals surface area contributed by atoms with E-state index in [9.17, 15) is 8.78 Å². The molecule has 2 nitrogen and oxygen atoms in total. The molecule has 2 rings (SSSR count). The zero-order valence-corrected chi connectivity index (χ0v) is 8.38. The summed E-state index contributed by atoms with van der Waals surface area (Å²) in [5.74, 6) is -2.48. The second-order valence-corrected chi connectivity index (χ2v) is 3.77. The van der Waals surface area contributed by atoms with E-state index in [0.29, 0.717) is 17.5 Å². The summed E-state index contributed by atoms with van der Waals surface area (Å²) in [7, 11) is 0. The van der Waals surface area contributed by atoms with Crippen LogP contribution in [0.4, 0.5) is 8.78 Å². The summed E-state index contributed by atoms with van der Waals surface area (Å²) in [6, 6.07) is 10.8. The predicted octanol–water partition coefficient (Wildman–Crippen LogP) is 3.66. The summed E-state index contributed by atoms with van der Waals surface area (Å²) in [4.78, 5) is 0. The van der Waals surface area contributed by atoms with Crippen molar-refractivity contribution in [2.24, 2.45) is 0 Å². The number of rotatable bonds is 3. The fourth-order valence-corrected chi connectivity index (χ4v) is 1.58. The van der Waals surface area contributed by atoms with E-state index in [1.165, 1.54) is 6.07 Å². The Balaban J connectivity index is 2.21. The van der Waals surface area contributed by atoms with Crippen molar-refractivity contribution in [3.8, 4) is 11.3 Å². The molecule has 15 heavy (non-hydrogen) atoms. The number of hydrogen-bond acceptors (Lipinski definition) is 3. The van der Waals surface area contributed by atoms with Gasteiger partial charge in [0.2, 0.25) is 0 Å². The molecule has 78 valence electrons. The molecule has 2 aromatic rings. The molecule has 0 aliphatic rings. The van der Waals surface area contributed by atoms with Crippen LogP contribution in [0.5, 0.6) is 0 Å². The van der Waals surface area contributed by atoms with E-state index in [1.807, 2.05) is 30.3 Å². The Morgan fingerprint density at radius 3 is 2.60 bits per heavy atom. The second kappa shape index (κ2) is 4.44. The molecule has 0 spiro atoms. The third-order valence-corrected chi connectivity index (χ3v) is 2.37. The molecule has 0 N–H and O–H groups in total. The highest BCUT2D eigenvalue weighted by Gasteiger charge is 2.11. The number of hydrogen-bond donors (Lipinski definition) is 0. The van der Waals surface area contributed by atoms with Crippen molar-refractivity contribution in [1.82, 2.24) is 5.16 Å². The first kappa shape index (κ1) is 10.2. The van der Waals surface area contributed by atoms with Gasteiger partial charge in [-0.25, -0.2) is 0 Å². The maximum atomic E-state index is 12.0. The van der Waals surface area contributed by atoms with Crippen LogP contribution in [0.15, 0.2) is 46.0 Å². The zero-order chi connectivity index (χ0) is 10.7. The second-order valence-electron chi connectivity index (χ2n) is 2.78. The molecule has 1 aromatic heterocycles. The number of aromatic nitrogens is 1. The van der Waals surface area contributed by atoms with E-state index in [2.05, 4.69) is 5.16 Å². The first-order valence-electron chi connectivity index (χ1n) is 4.22. The fraction of sp³-hybridized carbons (Fsp3) is 0.100. The molecule has 0 radical (unpaired) electrons. The van der Waals surface area contributed by atoms with Gasteiger partial charge >= 0.3 is 0 Å². The van der Waals surface area contributed by atoms with Gasteiger partial charge in [-0.2, -0.15) is 8.78 Å². The highest BCUT2D eigenvalue weighted by atomic mass is 32.2. The maximum absolute atomic E-state index is 12.0. The molecule has 0 unspecified atom stereocenters. The fourth-order valence-electron chi connectivity index (χ4n) is 1.15. The number of alkyl halides is 2. The molecule has 0 fully saturated rings. The average molecular weight is 227 g/mol. The minimum Gasteiger partial charge on any atom is -0.349 e. The van der Waals surface area contributed by atoms with Gasteiger partial charge in [0.1, 0.15) is 5.69 Å². The summed E-state index contributed by atoms with van der Waals surface area (Å²) in [5, 5.41) is 3.84. The van der Waals surface area contributed by atoms with Gasteiger partial charge in [0.25, 0.3) is 5.76 Å². The molecule has 1 aromatic carbocycles. The van der Waals surface area contributed by atoms with Gasteiger partial charge in [-0.15, -0.1) is 0 Å². The van der Waals surface area contributed by atoms with Gasteiger partial charge in [0, 0.05) is 11.6 Å². The van der Waals surface area contributed by atoms with Crippen molar-refractivity contribution in [2.75, 3.05) is 0 Å². The lowest BCUT2D eigenvalue weighted by Crippen LogP contribution is -1.77. The first-order chi connectivity index (χ1) is 7.25. The molecule has 0 amide bonds. The SMILES string of the molecule is FC(F)Sc1cc(-c2ccccc2)no1. The Morgan fingerprint density at radius 2 is 1.93 bits per heavy atom. The van der Waals surface area contributed by atoms with Gasteiger partial charge in [-0.1, -0.05) is 35.5 Å². The van der Waals surface area contributed by atoms with Crippen LogP contribution in [0.3, 0.4) is 0 Å². The first-order valence-corrected chi connectivity index (χ1v) is 5.10. The van der Waals surface area contributed by atoms with Crippen LogP contribution >= 0.6 is 11.8 Å². The van der Waals surface area contributed by atoms with Crippen molar-refractivity contribution >= 4 is 11.8 Å². The average Bonchev–Trinajstić information content (AvgIpc) is 2.67. The Labute approximate surface area is 89.3 Å². The van der Waals surface area contributed by atoms with Gasteiger partial charge in [-0.3, -0.25) is 0 Å². The normalized spacial score (nSPS) is 10.9. The zero-order valence-electron chi connectivity index (χ0n) is 7.56. The number of nitrogens with zero attached hydrogens (tertiary/aromatic N) is 1. The van der Waals surface area contributed by atoms with Gasteiger partial charge in [-0.05, 0) is 11.8 Å². The molecule has 0 aliphatic carbocycles. The predicted molar refractivity (Wildman–Crippen MR) is 53.8 cm³/mol. The summed E-state index contributed by atoms with van der Waals surface area (Å²) < 4.78 is 28.8. The molecule has 5 heteroatoms. The van der Waals surface area contributed by atoms with E-state index < -0.39 is 5.76 Å². The smallest absolute Gasteiger partial charge is 0.291 e. The molecular formula is C10H7F2NOS. The lowest BCUT2D eigenvalue weighted by Gasteiger charge is -1.91. The third kappa shape index (κ3) is 2.56. The number of thioether (sulfide) groups is 1. The lowest BCUT2D eigenvalue weighted by molar-refractivity contribution is 0.247. The molecule has 0 aliphatic heterocycles. The Bertz CT molecular complexity index is 430.